The summed E-state index contributed by atoms with van der Waals surface area (Å²) in [6.45, 7) is 8.75. The SMILES string of the molecule is CCn1c(SCC(=O)Nc2sc3c(c2C(=O)OC)CCCCCC3)nnc1C(C)Oc1ccc(C)c(C)c1. The highest BCUT2D eigenvalue weighted by atomic mass is 32.2. The van der Waals surface area contributed by atoms with Crippen molar-refractivity contribution in [3.63, 3.8) is 0 Å². The number of amides is 1. The van der Waals surface area contributed by atoms with Crippen LogP contribution in [0.3, 0.4) is 0 Å². The molecule has 1 aromatic carbocycles. The maximum absolute atomic E-state index is 13.0. The van der Waals surface area contributed by atoms with Gasteiger partial charge in [0.05, 0.1) is 18.4 Å². The lowest BCUT2D eigenvalue weighted by Gasteiger charge is -2.16. The standard InChI is InChI=1S/C28H36N4O4S2/c1-6-32-25(19(4)36-20-14-13-17(2)18(3)15-20)30-31-28(32)37-16-23(33)29-26-24(27(34)35-5)21-11-9-7-8-10-12-22(21)38-26/h13-15,19H,6-12,16H2,1-5H3,(H,29,33). The van der Waals surface area contributed by atoms with E-state index in [9.17, 15) is 9.59 Å². The Kier molecular flexibility index (Phi) is 9.49. The predicted octanol–water partition coefficient (Wildman–Crippen LogP) is 6.29. The van der Waals surface area contributed by atoms with Crippen molar-refractivity contribution >= 4 is 40.0 Å². The first kappa shape index (κ1) is 28.2. The van der Waals surface area contributed by atoms with Crippen LogP contribution < -0.4 is 10.1 Å². The van der Waals surface area contributed by atoms with Gasteiger partial charge < -0.3 is 19.4 Å². The fraction of sp³-hybridized carbons (Fsp3) is 0.500. The Labute approximate surface area is 232 Å². The van der Waals surface area contributed by atoms with E-state index in [4.69, 9.17) is 9.47 Å². The zero-order valence-corrected chi connectivity index (χ0v) is 24.4. The monoisotopic (exact) mass is 556 g/mol. The molecule has 204 valence electrons. The van der Waals surface area contributed by atoms with Gasteiger partial charge in [-0.3, -0.25) is 4.79 Å². The van der Waals surface area contributed by atoms with Crippen molar-refractivity contribution in [3.8, 4) is 5.75 Å². The Bertz CT molecular complexity index is 1300. The number of methoxy groups -OCH3 is 1. The van der Waals surface area contributed by atoms with Gasteiger partial charge in [-0.25, -0.2) is 4.79 Å². The summed E-state index contributed by atoms with van der Waals surface area (Å²) in [5, 5.41) is 12.9. The van der Waals surface area contributed by atoms with E-state index in [1.165, 1.54) is 52.6 Å². The summed E-state index contributed by atoms with van der Waals surface area (Å²) in [6, 6.07) is 6.02. The molecule has 0 radical (unpaired) electrons. The van der Waals surface area contributed by atoms with E-state index in [-0.39, 0.29) is 23.7 Å². The Morgan fingerprint density at radius 1 is 1.13 bits per heavy atom. The largest absolute Gasteiger partial charge is 0.483 e. The molecule has 0 fully saturated rings. The van der Waals surface area contributed by atoms with Gasteiger partial charge >= 0.3 is 5.97 Å². The van der Waals surface area contributed by atoms with E-state index < -0.39 is 0 Å². The molecule has 0 saturated heterocycles. The lowest BCUT2D eigenvalue weighted by Crippen LogP contribution is -2.17. The molecule has 1 atom stereocenters. The number of rotatable bonds is 9. The smallest absolute Gasteiger partial charge is 0.341 e. The van der Waals surface area contributed by atoms with E-state index in [0.29, 0.717) is 28.1 Å². The summed E-state index contributed by atoms with van der Waals surface area (Å²) >= 11 is 2.82. The van der Waals surface area contributed by atoms with Crippen LogP contribution in [0.15, 0.2) is 23.4 Å². The molecule has 0 aliphatic heterocycles. The highest BCUT2D eigenvalue weighted by Gasteiger charge is 2.26. The van der Waals surface area contributed by atoms with Crippen molar-refractivity contribution in [2.75, 3.05) is 18.2 Å². The van der Waals surface area contributed by atoms with Crippen molar-refractivity contribution in [2.45, 2.75) is 84.0 Å². The molecule has 3 aromatic rings. The van der Waals surface area contributed by atoms with Crippen molar-refractivity contribution in [3.05, 3.63) is 51.2 Å². The second-order valence-corrected chi connectivity index (χ2v) is 11.6. The number of esters is 1. The van der Waals surface area contributed by atoms with Gasteiger partial charge in [-0.2, -0.15) is 0 Å². The lowest BCUT2D eigenvalue weighted by molar-refractivity contribution is -0.113. The van der Waals surface area contributed by atoms with Gasteiger partial charge in [0.2, 0.25) is 5.91 Å². The third-order valence-electron chi connectivity index (χ3n) is 6.86. The number of thiophene rings is 1. The number of ether oxygens (including phenoxy) is 2. The summed E-state index contributed by atoms with van der Waals surface area (Å²) in [7, 11) is 1.39. The van der Waals surface area contributed by atoms with Crippen molar-refractivity contribution < 1.29 is 19.1 Å². The molecule has 4 rings (SSSR count). The highest BCUT2D eigenvalue weighted by molar-refractivity contribution is 7.99. The van der Waals surface area contributed by atoms with Gasteiger partial charge in [0.1, 0.15) is 10.8 Å². The Morgan fingerprint density at radius 2 is 1.89 bits per heavy atom. The molecule has 0 bridgehead atoms. The highest BCUT2D eigenvalue weighted by Crippen LogP contribution is 2.37. The van der Waals surface area contributed by atoms with Gasteiger partial charge in [0, 0.05) is 11.4 Å². The minimum atomic E-state index is -0.390. The number of carbonyl (C=O) groups excluding carboxylic acids is 2. The average molecular weight is 557 g/mol. The summed E-state index contributed by atoms with van der Waals surface area (Å²) < 4.78 is 13.2. The number of thioether (sulfide) groups is 1. The first-order chi connectivity index (χ1) is 18.3. The fourth-order valence-corrected chi connectivity index (χ4v) is 6.77. The van der Waals surface area contributed by atoms with Crippen LogP contribution in [0.25, 0.3) is 0 Å². The maximum atomic E-state index is 13.0. The minimum absolute atomic E-state index is 0.147. The molecule has 1 aliphatic carbocycles. The quantitative estimate of drug-likeness (QED) is 0.244. The number of nitrogens with one attached hydrogen (secondary N) is 1. The molecule has 2 heterocycles. The van der Waals surface area contributed by atoms with Crippen LogP contribution in [0.4, 0.5) is 5.00 Å². The van der Waals surface area contributed by atoms with E-state index in [1.54, 1.807) is 0 Å². The van der Waals surface area contributed by atoms with Crippen molar-refractivity contribution in [2.24, 2.45) is 0 Å². The van der Waals surface area contributed by atoms with Crippen LogP contribution in [0.1, 0.15) is 83.4 Å². The summed E-state index contributed by atoms with van der Waals surface area (Å²) in [6.07, 6.45) is 5.95. The number of aryl methyl sites for hydroxylation is 3. The molecule has 1 amide bonds. The summed E-state index contributed by atoms with van der Waals surface area (Å²) in [5.41, 5.74) is 3.94. The molecule has 10 heteroatoms. The second kappa shape index (κ2) is 12.8. The van der Waals surface area contributed by atoms with E-state index >= 15 is 0 Å². The number of hydrogen-bond acceptors (Lipinski definition) is 8. The molecular weight excluding hydrogens is 520 g/mol. The lowest BCUT2D eigenvalue weighted by atomic mass is 9.96. The second-order valence-electron chi connectivity index (χ2n) is 9.54. The Balaban J connectivity index is 1.44. The summed E-state index contributed by atoms with van der Waals surface area (Å²) in [4.78, 5) is 26.8. The van der Waals surface area contributed by atoms with Crippen LogP contribution in [0, 0.1) is 13.8 Å². The topological polar surface area (TPSA) is 95.3 Å². The molecule has 1 unspecified atom stereocenters. The van der Waals surface area contributed by atoms with Crippen LogP contribution in [0.2, 0.25) is 0 Å². The zero-order valence-electron chi connectivity index (χ0n) is 22.8. The van der Waals surface area contributed by atoms with Crippen LogP contribution >= 0.6 is 23.1 Å². The number of aromatic nitrogens is 3. The number of fused-ring (bicyclic) bond motifs is 1. The van der Waals surface area contributed by atoms with Gasteiger partial charge in [0.15, 0.2) is 17.1 Å². The number of hydrogen-bond donors (Lipinski definition) is 1. The van der Waals surface area contributed by atoms with Crippen molar-refractivity contribution in [1.82, 2.24) is 14.8 Å². The van der Waals surface area contributed by atoms with Gasteiger partial charge in [-0.05, 0) is 82.2 Å². The molecule has 1 N–H and O–H groups in total. The van der Waals surface area contributed by atoms with Gasteiger partial charge in [-0.1, -0.05) is 30.7 Å². The molecule has 1 aliphatic rings. The zero-order chi connectivity index (χ0) is 27.2. The molecule has 0 spiro atoms. The van der Waals surface area contributed by atoms with Gasteiger partial charge in [0.25, 0.3) is 0 Å². The van der Waals surface area contributed by atoms with E-state index in [0.717, 1.165) is 43.4 Å². The van der Waals surface area contributed by atoms with Crippen molar-refractivity contribution in [1.29, 1.82) is 0 Å². The van der Waals surface area contributed by atoms with Crippen LogP contribution in [-0.2, 0) is 28.9 Å². The number of nitrogens with zero attached hydrogens (tertiary/aromatic N) is 3. The molecule has 8 nitrogen and oxygen atoms in total. The van der Waals surface area contributed by atoms with Crippen LogP contribution in [-0.4, -0.2) is 39.5 Å². The number of benzene rings is 1. The Morgan fingerprint density at radius 3 is 2.61 bits per heavy atom. The first-order valence-electron chi connectivity index (χ1n) is 13.1. The first-order valence-corrected chi connectivity index (χ1v) is 14.9. The maximum Gasteiger partial charge on any atom is 0.341 e. The number of anilines is 1. The Hall–Kier alpha value is -2.85. The van der Waals surface area contributed by atoms with Gasteiger partial charge in [-0.15, -0.1) is 21.5 Å². The normalized spacial score (nSPS) is 14.2. The molecule has 2 aromatic heterocycles. The third kappa shape index (κ3) is 6.40. The molecule has 0 saturated carbocycles. The average Bonchev–Trinajstić information content (AvgIpc) is 3.45. The van der Waals surface area contributed by atoms with E-state index in [2.05, 4.69) is 29.4 Å². The fourth-order valence-electron chi connectivity index (χ4n) is 4.67. The number of carbonyl (C=O) groups is 2. The summed E-state index contributed by atoms with van der Waals surface area (Å²) in [5.74, 6) is 1.05. The molecule has 38 heavy (non-hydrogen) atoms. The van der Waals surface area contributed by atoms with Crippen LogP contribution in [0.5, 0.6) is 5.75 Å². The molecular formula is C28H36N4O4S2. The predicted molar refractivity (Wildman–Crippen MR) is 152 cm³/mol. The minimum Gasteiger partial charge on any atom is -0.483 e. The van der Waals surface area contributed by atoms with E-state index in [1.807, 2.05) is 36.6 Å². The third-order valence-corrected chi connectivity index (χ3v) is 9.04.